The summed E-state index contributed by atoms with van der Waals surface area (Å²) >= 11 is 6.11. The molecule has 4 heterocycles. The van der Waals surface area contributed by atoms with Gasteiger partial charge < -0.3 is 10.3 Å². The summed E-state index contributed by atoms with van der Waals surface area (Å²) in [6, 6.07) is 3.95. The number of hydrogen-bond acceptors (Lipinski definition) is 7. The summed E-state index contributed by atoms with van der Waals surface area (Å²) in [6.07, 6.45) is 9.32. The first kappa shape index (κ1) is 15.4. The van der Waals surface area contributed by atoms with Crippen LogP contribution in [0.1, 0.15) is 5.56 Å². The van der Waals surface area contributed by atoms with Gasteiger partial charge in [0.05, 0.1) is 6.33 Å². The average molecular weight is 353 g/mol. The second-order valence-electron chi connectivity index (χ2n) is 5.39. The van der Waals surface area contributed by atoms with E-state index in [-0.39, 0.29) is 11.2 Å². The highest BCUT2D eigenvalue weighted by Gasteiger charge is 2.15. The molecule has 0 aliphatic rings. The molecule has 2 N–H and O–H groups in total. The number of hydrogen-bond donors (Lipinski definition) is 1. The van der Waals surface area contributed by atoms with Crippen LogP contribution in [0.4, 0.5) is 5.95 Å². The maximum absolute atomic E-state index is 6.11. The predicted octanol–water partition coefficient (Wildman–Crippen LogP) is 2.16. The number of nitrogens with zero attached hydrogens (tertiary/aromatic N) is 7. The van der Waals surface area contributed by atoms with E-state index in [1.165, 1.54) is 0 Å². The molecule has 0 aromatic carbocycles. The molecule has 0 aliphatic heterocycles. The van der Waals surface area contributed by atoms with E-state index in [1.54, 1.807) is 24.9 Å². The van der Waals surface area contributed by atoms with Gasteiger partial charge in [-0.15, -0.1) is 0 Å². The molecule has 0 saturated heterocycles. The number of aryl methyl sites for hydroxylation is 2. The molecule has 4 aromatic rings. The average Bonchev–Trinajstić information content (AvgIpc) is 3.04. The summed E-state index contributed by atoms with van der Waals surface area (Å²) in [7, 11) is 0. The highest BCUT2D eigenvalue weighted by Crippen LogP contribution is 2.25. The molecular formula is C16H13ClN8. The Hall–Kier alpha value is -3.13. The van der Waals surface area contributed by atoms with E-state index in [2.05, 4.69) is 29.9 Å². The van der Waals surface area contributed by atoms with Crippen molar-refractivity contribution in [3.8, 4) is 11.3 Å². The Kier molecular flexibility index (Phi) is 3.95. The van der Waals surface area contributed by atoms with Crippen LogP contribution in [-0.2, 0) is 13.0 Å². The Labute approximate surface area is 147 Å². The molecule has 0 atom stereocenters. The van der Waals surface area contributed by atoms with Crippen molar-refractivity contribution in [2.45, 2.75) is 13.0 Å². The number of anilines is 1. The number of imidazole rings is 1. The molecule has 0 bridgehead atoms. The number of fused-ring (bicyclic) bond motifs is 1. The van der Waals surface area contributed by atoms with Gasteiger partial charge >= 0.3 is 0 Å². The Morgan fingerprint density at radius 2 is 1.92 bits per heavy atom. The van der Waals surface area contributed by atoms with Crippen molar-refractivity contribution >= 4 is 28.7 Å². The molecular weight excluding hydrogens is 340 g/mol. The van der Waals surface area contributed by atoms with Crippen LogP contribution in [0.5, 0.6) is 0 Å². The molecule has 0 unspecified atom stereocenters. The number of aromatic nitrogens is 7. The van der Waals surface area contributed by atoms with Crippen molar-refractivity contribution in [2.24, 2.45) is 0 Å². The largest absolute Gasteiger partial charge is 0.368 e. The topological polar surface area (TPSA) is 108 Å². The number of halogens is 1. The van der Waals surface area contributed by atoms with Gasteiger partial charge in [0.15, 0.2) is 5.65 Å². The van der Waals surface area contributed by atoms with Crippen LogP contribution < -0.4 is 5.73 Å². The summed E-state index contributed by atoms with van der Waals surface area (Å²) in [5.74, 6) is 0.196. The van der Waals surface area contributed by atoms with Crippen molar-refractivity contribution in [2.75, 3.05) is 5.73 Å². The van der Waals surface area contributed by atoms with Gasteiger partial charge in [0.1, 0.15) is 11.2 Å². The van der Waals surface area contributed by atoms with Crippen LogP contribution in [-0.4, -0.2) is 34.5 Å². The zero-order valence-corrected chi connectivity index (χ0v) is 13.8. The molecule has 0 spiro atoms. The lowest BCUT2D eigenvalue weighted by Gasteiger charge is -2.06. The van der Waals surface area contributed by atoms with E-state index in [0.717, 1.165) is 12.0 Å². The lowest BCUT2D eigenvalue weighted by molar-refractivity contribution is 0.707. The Morgan fingerprint density at radius 1 is 1.08 bits per heavy atom. The second kappa shape index (κ2) is 6.40. The maximum Gasteiger partial charge on any atom is 0.225 e. The number of rotatable bonds is 4. The molecule has 25 heavy (non-hydrogen) atoms. The standard InChI is InChI=1S/C16H13ClN8/c17-15-23-12(11-7-20-16(18)21-8-11)13-14(24-15)25(9-22-13)5-3-10-2-1-4-19-6-10/h1-2,4,6-9H,3,5H2,(H2,18,20,21). The summed E-state index contributed by atoms with van der Waals surface area (Å²) < 4.78 is 1.94. The van der Waals surface area contributed by atoms with Gasteiger partial charge in [0.25, 0.3) is 0 Å². The number of pyridine rings is 1. The first-order valence-corrected chi connectivity index (χ1v) is 7.93. The SMILES string of the molecule is Nc1ncc(-c2nc(Cl)nc3c2ncn3CCc2cccnc2)cn1. The van der Waals surface area contributed by atoms with Gasteiger partial charge in [-0.1, -0.05) is 6.07 Å². The number of nitrogen functional groups attached to an aromatic ring is 1. The van der Waals surface area contributed by atoms with Gasteiger partial charge in [-0.05, 0) is 29.7 Å². The third-order valence-electron chi connectivity index (χ3n) is 3.75. The fraction of sp³-hybridized carbons (Fsp3) is 0.125. The monoisotopic (exact) mass is 352 g/mol. The predicted molar refractivity (Wildman–Crippen MR) is 93.7 cm³/mol. The van der Waals surface area contributed by atoms with E-state index >= 15 is 0 Å². The molecule has 0 radical (unpaired) electrons. The first-order valence-electron chi connectivity index (χ1n) is 7.56. The van der Waals surface area contributed by atoms with E-state index in [0.29, 0.717) is 29.0 Å². The van der Waals surface area contributed by atoms with Crippen LogP contribution in [0.3, 0.4) is 0 Å². The summed E-state index contributed by atoms with van der Waals surface area (Å²) in [5.41, 5.74) is 9.24. The third-order valence-corrected chi connectivity index (χ3v) is 3.92. The van der Waals surface area contributed by atoms with Gasteiger partial charge in [-0.3, -0.25) is 4.98 Å². The van der Waals surface area contributed by atoms with Crippen molar-refractivity contribution in [1.82, 2.24) is 34.5 Å². The maximum atomic E-state index is 6.11. The molecule has 0 amide bonds. The minimum atomic E-state index is 0.141. The minimum absolute atomic E-state index is 0.141. The van der Waals surface area contributed by atoms with Crippen LogP contribution >= 0.6 is 11.6 Å². The lowest BCUT2D eigenvalue weighted by Crippen LogP contribution is -2.02. The van der Waals surface area contributed by atoms with Crippen LogP contribution in [0.15, 0.2) is 43.2 Å². The zero-order chi connectivity index (χ0) is 17.2. The van der Waals surface area contributed by atoms with Crippen LogP contribution in [0.25, 0.3) is 22.4 Å². The van der Waals surface area contributed by atoms with E-state index in [1.807, 2.05) is 22.9 Å². The molecule has 4 aromatic heterocycles. The van der Waals surface area contributed by atoms with Gasteiger partial charge in [-0.25, -0.2) is 19.9 Å². The van der Waals surface area contributed by atoms with E-state index in [9.17, 15) is 0 Å². The zero-order valence-electron chi connectivity index (χ0n) is 13.0. The quantitative estimate of drug-likeness (QED) is 0.560. The lowest BCUT2D eigenvalue weighted by atomic mass is 10.2. The Morgan fingerprint density at radius 3 is 2.68 bits per heavy atom. The van der Waals surface area contributed by atoms with Crippen LogP contribution in [0, 0.1) is 0 Å². The van der Waals surface area contributed by atoms with Crippen molar-refractivity contribution in [1.29, 1.82) is 0 Å². The smallest absolute Gasteiger partial charge is 0.225 e. The summed E-state index contributed by atoms with van der Waals surface area (Å²) in [6.45, 7) is 0.702. The van der Waals surface area contributed by atoms with Crippen LogP contribution in [0.2, 0.25) is 5.28 Å². The van der Waals surface area contributed by atoms with E-state index < -0.39 is 0 Å². The summed E-state index contributed by atoms with van der Waals surface area (Å²) in [5, 5.41) is 0.141. The van der Waals surface area contributed by atoms with Gasteiger partial charge in [0, 0.05) is 36.9 Å². The van der Waals surface area contributed by atoms with Crippen molar-refractivity contribution in [3.05, 3.63) is 54.1 Å². The molecule has 0 saturated carbocycles. The number of nitrogens with two attached hydrogens (primary N) is 1. The molecule has 4 rings (SSSR count). The molecule has 0 fully saturated rings. The van der Waals surface area contributed by atoms with Gasteiger partial charge in [-0.2, -0.15) is 4.98 Å². The van der Waals surface area contributed by atoms with Gasteiger partial charge in [0.2, 0.25) is 11.2 Å². The van der Waals surface area contributed by atoms with Crippen molar-refractivity contribution in [3.63, 3.8) is 0 Å². The Bertz CT molecular complexity index is 1010. The fourth-order valence-electron chi connectivity index (χ4n) is 2.54. The molecule has 124 valence electrons. The first-order chi connectivity index (χ1) is 12.2. The Balaban J connectivity index is 1.72. The highest BCUT2D eigenvalue weighted by molar-refractivity contribution is 6.28. The summed E-state index contributed by atoms with van der Waals surface area (Å²) in [4.78, 5) is 25.2. The minimum Gasteiger partial charge on any atom is -0.368 e. The molecule has 9 heteroatoms. The normalized spacial score (nSPS) is 11.1. The second-order valence-corrected chi connectivity index (χ2v) is 5.73. The third kappa shape index (κ3) is 3.11. The molecule has 0 aliphatic carbocycles. The van der Waals surface area contributed by atoms with Crippen molar-refractivity contribution < 1.29 is 0 Å². The highest BCUT2D eigenvalue weighted by atomic mass is 35.5. The van der Waals surface area contributed by atoms with E-state index in [4.69, 9.17) is 17.3 Å². The fourth-order valence-corrected chi connectivity index (χ4v) is 2.70. The molecule has 8 nitrogen and oxygen atoms in total.